The second kappa shape index (κ2) is 7.88. The van der Waals surface area contributed by atoms with Crippen molar-refractivity contribution in [2.75, 3.05) is 20.4 Å². The summed E-state index contributed by atoms with van der Waals surface area (Å²) in [5.41, 5.74) is 2.31. The fourth-order valence-corrected chi connectivity index (χ4v) is 2.92. The molecule has 2 aromatic rings. The van der Waals surface area contributed by atoms with Crippen molar-refractivity contribution in [2.24, 2.45) is 5.92 Å². The summed E-state index contributed by atoms with van der Waals surface area (Å²) in [4.78, 5) is 17.9. The number of hydrogen-bond donors (Lipinski definition) is 0. The molecule has 2 atom stereocenters. The molecule has 1 saturated heterocycles. The summed E-state index contributed by atoms with van der Waals surface area (Å²) in [6, 6.07) is 15.1. The maximum Gasteiger partial charge on any atom is 0.337 e. The van der Waals surface area contributed by atoms with Gasteiger partial charge in [-0.15, -0.1) is 0 Å². The number of benzene rings is 1. The highest BCUT2D eigenvalue weighted by atomic mass is 16.5. The SMILES string of the molecule is COC(=O)c1ccc([C@H]2OCN(Cc3ccccn3)C[C@H]2C#N)cc1. The van der Waals surface area contributed by atoms with Crippen molar-refractivity contribution in [2.45, 2.75) is 12.6 Å². The van der Waals surface area contributed by atoms with E-state index in [-0.39, 0.29) is 18.0 Å². The van der Waals surface area contributed by atoms with E-state index >= 15 is 0 Å². The quantitative estimate of drug-likeness (QED) is 0.798. The number of nitrogens with zero attached hydrogens (tertiary/aromatic N) is 3. The minimum Gasteiger partial charge on any atom is -0.465 e. The Hall–Kier alpha value is -2.75. The van der Waals surface area contributed by atoms with Gasteiger partial charge in [-0.1, -0.05) is 18.2 Å². The zero-order valence-corrected chi connectivity index (χ0v) is 14.0. The molecule has 1 aromatic heterocycles. The molecule has 25 heavy (non-hydrogen) atoms. The number of nitriles is 1. The third kappa shape index (κ3) is 4.02. The van der Waals surface area contributed by atoms with Gasteiger partial charge in [0.1, 0.15) is 12.8 Å². The molecule has 0 amide bonds. The smallest absolute Gasteiger partial charge is 0.337 e. The molecule has 0 N–H and O–H groups in total. The van der Waals surface area contributed by atoms with Gasteiger partial charge in [0.25, 0.3) is 0 Å². The van der Waals surface area contributed by atoms with Gasteiger partial charge in [-0.05, 0) is 29.8 Å². The van der Waals surface area contributed by atoms with Crippen LogP contribution >= 0.6 is 0 Å². The van der Waals surface area contributed by atoms with Crippen LogP contribution in [0, 0.1) is 17.2 Å². The predicted octanol–water partition coefficient (Wildman–Crippen LogP) is 2.54. The molecule has 6 heteroatoms. The second-order valence-electron chi connectivity index (χ2n) is 5.90. The van der Waals surface area contributed by atoms with Crippen LogP contribution in [0.25, 0.3) is 0 Å². The Morgan fingerprint density at radius 3 is 2.80 bits per heavy atom. The van der Waals surface area contributed by atoms with Crippen molar-refractivity contribution in [3.63, 3.8) is 0 Å². The van der Waals surface area contributed by atoms with E-state index in [0.717, 1.165) is 11.3 Å². The molecular weight excluding hydrogens is 318 g/mol. The van der Waals surface area contributed by atoms with Crippen molar-refractivity contribution < 1.29 is 14.3 Å². The number of aromatic nitrogens is 1. The van der Waals surface area contributed by atoms with Crippen LogP contribution in [0.2, 0.25) is 0 Å². The van der Waals surface area contributed by atoms with Crippen LogP contribution in [-0.4, -0.2) is 36.2 Å². The lowest BCUT2D eigenvalue weighted by Gasteiger charge is -2.35. The number of rotatable bonds is 4. The molecule has 2 heterocycles. The molecule has 0 bridgehead atoms. The van der Waals surface area contributed by atoms with Gasteiger partial charge in [0.15, 0.2) is 0 Å². The van der Waals surface area contributed by atoms with E-state index in [1.165, 1.54) is 7.11 Å². The van der Waals surface area contributed by atoms with Gasteiger partial charge in [0.05, 0.1) is 30.4 Å². The normalized spacial score (nSPS) is 20.6. The molecule has 1 aliphatic rings. The largest absolute Gasteiger partial charge is 0.465 e. The number of carbonyl (C=O) groups excluding carboxylic acids is 1. The summed E-state index contributed by atoms with van der Waals surface area (Å²) in [5, 5.41) is 9.54. The zero-order chi connectivity index (χ0) is 17.6. The van der Waals surface area contributed by atoms with Gasteiger partial charge >= 0.3 is 5.97 Å². The molecule has 128 valence electrons. The predicted molar refractivity (Wildman–Crippen MR) is 90.2 cm³/mol. The molecule has 3 rings (SSSR count). The third-order valence-electron chi connectivity index (χ3n) is 4.19. The Balaban J connectivity index is 1.68. The monoisotopic (exact) mass is 337 g/mol. The molecule has 0 aliphatic carbocycles. The minimum atomic E-state index is -0.380. The lowest BCUT2D eigenvalue weighted by Crippen LogP contribution is -2.40. The number of carbonyl (C=O) groups is 1. The third-order valence-corrected chi connectivity index (χ3v) is 4.19. The topological polar surface area (TPSA) is 75.5 Å². The van der Waals surface area contributed by atoms with Gasteiger partial charge < -0.3 is 9.47 Å². The first-order valence-electron chi connectivity index (χ1n) is 8.03. The van der Waals surface area contributed by atoms with E-state index in [1.54, 1.807) is 18.3 Å². The van der Waals surface area contributed by atoms with Crippen molar-refractivity contribution in [3.8, 4) is 6.07 Å². The first kappa shape index (κ1) is 17.1. The first-order chi connectivity index (χ1) is 12.2. The summed E-state index contributed by atoms with van der Waals surface area (Å²) in [7, 11) is 1.35. The van der Waals surface area contributed by atoms with Gasteiger partial charge in [0.2, 0.25) is 0 Å². The summed E-state index contributed by atoms with van der Waals surface area (Å²) in [5.74, 6) is -0.670. The molecule has 0 unspecified atom stereocenters. The van der Waals surface area contributed by atoms with E-state index in [4.69, 9.17) is 9.47 Å². The Labute approximate surface area is 146 Å². The lowest BCUT2D eigenvalue weighted by atomic mass is 9.94. The molecule has 1 aliphatic heterocycles. The Morgan fingerprint density at radius 2 is 2.16 bits per heavy atom. The van der Waals surface area contributed by atoms with E-state index < -0.39 is 0 Å². The number of methoxy groups -OCH3 is 1. The summed E-state index contributed by atoms with van der Waals surface area (Å²) in [6.45, 7) is 1.68. The highest BCUT2D eigenvalue weighted by Crippen LogP contribution is 2.31. The van der Waals surface area contributed by atoms with Gasteiger partial charge in [-0.25, -0.2) is 4.79 Å². The maximum atomic E-state index is 11.5. The highest BCUT2D eigenvalue weighted by molar-refractivity contribution is 5.89. The van der Waals surface area contributed by atoms with Crippen molar-refractivity contribution in [3.05, 3.63) is 65.5 Å². The summed E-state index contributed by atoms with van der Waals surface area (Å²) in [6.07, 6.45) is 1.45. The van der Waals surface area contributed by atoms with Crippen LogP contribution in [0.4, 0.5) is 0 Å². The Bertz CT molecular complexity index is 756. The van der Waals surface area contributed by atoms with E-state index in [2.05, 4.69) is 16.0 Å². The molecule has 1 aromatic carbocycles. The molecule has 1 fully saturated rings. The van der Waals surface area contributed by atoms with Gasteiger partial charge in [-0.3, -0.25) is 9.88 Å². The Kier molecular flexibility index (Phi) is 5.39. The van der Waals surface area contributed by atoms with Crippen LogP contribution in [0.5, 0.6) is 0 Å². The number of esters is 1. The summed E-state index contributed by atoms with van der Waals surface area (Å²) < 4.78 is 10.6. The fourth-order valence-electron chi connectivity index (χ4n) is 2.92. The first-order valence-corrected chi connectivity index (χ1v) is 8.03. The fraction of sp³-hybridized carbons (Fsp3) is 0.316. The van der Waals surface area contributed by atoms with Crippen molar-refractivity contribution in [1.82, 2.24) is 9.88 Å². The molecular formula is C19H19N3O3. The van der Waals surface area contributed by atoms with Crippen LogP contribution < -0.4 is 0 Å². The number of pyridine rings is 1. The molecule has 6 nitrogen and oxygen atoms in total. The molecule has 0 saturated carbocycles. The highest BCUT2D eigenvalue weighted by Gasteiger charge is 2.31. The average Bonchev–Trinajstić information content (AvgIpc) is 2.68. The van der Waals surface area contributed by atoms with Gasteiger partial charge in [-0.2, -0.15) is 5.26 Å². The molecule has 0 spiro atoms. The lowest BCUT2D eigenvalue weighted by molar-refractivity contribution is -0.0947. The standard InChI is InChI=1S/C19H19N3O3/c1-24-19(23)15-7-5-14(6-8-15)18-16(10-20)11-22(13-25-18)12-17-4-2-3-9-21-17/h2-9,16,18H,11-13H2,1H3/t16-,18-/m1/s1. The Morgan fingerprint density at radius 1 is 1.36 bits per heavy atom. The van der Waals surface area contributed by atoms with Crippen LogP contribution in [-0.2, 0) is 16.0 Å². The average molecular weight is 337 g/mol. The molecule has 0 radical (unpaired) electrons. The minimum absolute atomic E-state index is 0.290. The van der Waals surface area contributed by atoms with E-state index in [0.29, 0.717) is 25.4 Å². The summed E-state index contributed by atoms with van der Waals surface area (Å²) >= 11 is 0. The van der Waals surface area contributed by atoms with E-state index in [1.807, 2.05) is 30.3 Å². The van der Waals surface area contributed by atoms with Crippen molar-refractivity contribution >= 4 is 5.97 Å². The maximum absolute atomic E-state index is 11.5. The van der Waals surface area contributed by atoms with Gasteiger partial charge in [0, 0.05) is 19.3 Å². The number of ether oxygens (including phenoxy) is 2. The van der Waals surface area contributed by atoms with Crippen LogP contribution in [0.3, 0.4) is 0 Å². The van der Waals surface area contributed by atoms with Crippen molar-refractivity contribution in [1.29, 1.82) is 5.26 Å². The second-order valence-corrected chi connectivity index (χ2v) is 5.90. The zero-order valence-electron chi connectivity index (χ0n) is 14.0. The van der Waals surface area contributed by atoms with Crippen LogP contribution in [0.15, 0.2) is 48.7 Å². The number of hydrogen-bond acceptors (Lipinski definition) is 6. The van der Waals surface area contributed by atoms with Crippen LogP contribution in [0.1, 0.15) is 27.7 Å². The van der Waals surface area contributed by atoms with E-state index in [9.17, 15) is 10.1 Å².